The van der Waals surface area contributed by atoms with Crippen molar-refractivity contribution in [2.24, 2.45) is 0 Å². The Bertz CT molecular complexity index is 534. The van der Waals surface area contributed by atoms with Crippen LogP contribution in [-0.4, -0.2) is 12.2 Å². The molecule has 1 unspecified atom stereocenters. The highest BCUT2D eigenvalue weighted by Crippen LogP contribution is 2.32. The predicted octanol–water partition coefficient (Wildman–Crippen LogP) is 4.49. The van der Waals surface area contributed by atoms with Crippen LogP contribution in [0.25, 0.3) is 0 Å². The second-order valence-electron chi connectivity index (χ2n) is 4.46. The second kappa shape index (κ2) is 6.55. The van der Waals surface area contributed by atoms with Crippen molar-refractivity contribution in [2.45, 2.75) is 25.9 Å². The van der Waals surface area contributed by atoms with Gasteiger partial charge in [0.25, 0.3) is 0 Å². The lowest BCUT2D eigenvalue weighted by atomic mass is 10.0. The van der Waals surface area contributed by atoms with Gasteiger partial charge in [-0.05, 0) is 65.0 Å². The van der Waals surface area contributed by atoms with E-state index in [9.17, 15) is 5.11 Å². The number of aliphatic hydroxyl groups excluding tert-OH is 1. The number of hydrogen-bond donors (Lipinski definition) is 1. The third-order valence-electron chi connectivity index (χ3n) is 3.15. The van der Waals surface area contributed by atoms with Crippen molar-refractivity contribution in [1.29, 1.82) is 0 Å². The fraction of sp³-hybridized carbons (Fsp3) is 0.333. The minimum Gasteiger partial charge on any atom is -0.497 e. The number of rotatable bonds is 5. The predicted molar refractivity (Wildman–Crippen MR) is 83.0 cm³/mol. The van der Waals surface area contributed by atoms with Gasteiger partial charge in [-0.2, -0.15) is 0 Å². The Hall–Kier alpha value is -0.840. The lowest BCUT2D eigenvalue weighted by molar-refractivity contribution is 0.167. The quantitative estimate of drug-likeness (QED) is 0.868. The maximum atomic E-state index is 10.2. The first kappa shape index (κ1) is 14.6. The van der Waals surface area contributed by atoms with Gasteiger partial charge in [0.2, 0.25) is 0 Å². The first-order valence-electron chi connectivity index (χ1n) is 6.17. The Kier molecular flexibility index (Phi) is 5.02. The summed E-state index contributed by atoms with van der Waals surface area (Å²) in [4.78, 5) is 1.18. The van der Waals surface area contributed by atoms with E-state index >= 15 is 0 Å². The monoisotopic (exact) mass is 340 g/mol. The maximum absolute atomic E-state index is 10.2. The Morgan fingerprint density at radius 3 is 2.53 bits per heavy atom. The molecular formula is C15H17BrO2S. The van der Waals surface area contributed by atoms with Crippen molar-refractivity contribution in [3.63, 3.8) is 0 Å². The van der Waals surface area contributed by atoms with Crippen molar-refractivity contribution in [3.05, 3.63) is 50.1 Å². The number of hydrogen-bond acceptors (Lipinski definition) is 3. The molecule has 0 bridgehead atoms. The van der Waals surface area contributed by atoms with Crippen molar-refractivity contribution >= 4 is 27.3 Å². The molecule has 2 aromatic rings. The molecule has 2 nitrogen and oxygen atoms in total. The SMILES string of the molecule is COc1ccc(CCC(O)c2cc(Br)sc2C)cc1. The summed E-state index contributed by atoms with van der Waals surface area (Å²) < 4.78 is 6.20. The van der Waals surface area contributed by atoms with Crippen LogP contribution in [0.1, 0.15) is 28.5 Å². The highest BCUT2D eigenvalue weighted by Gasteiger charge is 2.13. The summed E-state index contributed by atoms with van der Waals surface area (Å²) in [5, 5.41) is 10.2. The van der Waals surface area contributed by atoms with Crippen molar-refractivity contribution in [1.82, 2.24) is 0 Å². The number of aliphatic hydroxyl groups is 1. The van der Waals surface area contributed by atoms with Gasteiger partial charge >= 0.3 is 0 Å². The normalized spacial score (nSPS) is 12.4. The first-order valence-corrected chi connectivity index (χ1v) is 7.78. The van der Waals surface area contributed by atoms with Gasteiger partial charge in [0, 0.05) is 4.88 Å². The highest BCUT2D eigenvalue weighted by molar-refractivity contribution is 9.11. The lowest BCUT2D eigenvalue weighted by Crippen LogP contribution is -1.99. The van der Waals surface area contributed by atoms with E-state index in [1.807, 2.05) is 37.3 Å². The molecule has 4 heteroatoms. The summed E-state index contributed by atoms with van der Waals surface area (Å²) in [5.41, 5.74) is 2.25. The fourth-order valence-corrected chi connectivity index (χ4v) is 3.81. The highest BCUT2D eigenvalue weighted by atomic mass is 79.9. The molecule has 0 aliphatic carbocycles. The van der Waals surface area contributed by atoms with E-state index in [1.54, 1.807) is 18.4 Å². The van der Waals surface area contributed by atoms with Crippen LogP contribution in [0.2, 0.25) is 0 Å². The fourth-order valence-electron chi connectivity index (χ4n) is 2.04. The molecule has 0 fully saturated rings. The number of benzene rings is 1. The van der Waals surface area contributed by atoms with Crippen LogP contribution in [0.4, 0.5) is 0 Å². The van der Waals surface area contributed by atoms with Gasteiger partial charge in [0.05, 0.1) is 17.0 Å². The number of halogens is 1. The summed E-state index contributed by atoms with van der Waals surface area (Å²) in [6.07, 6.45) is 1.19. The van der Waals surface area contributed by atoms with Crippen LogP contribution in [0, 0.1) is 6.92 Å². The number of thiophene rings is 1. The van der Waals surface area contributed by atoms with E-state index in [0.717, 1.165) is 27.9 Å². The van der Waals surface area contributed by atoms with Crippen LogP contribution in [0.5, 0.6) is 5.75 Å². The zero-order chi connectivity index (χ0) is 13.8. The summed E-state index contributed by atoms with van der Waals surface area (Å²) in [7, 11) is 1.66. The average Bonchev–Trinajstić information content (AvgIpc) is 2.75. The molecule has 102 valence electrons. The van der Waals surface area contributed by atoms with E-state index in [1.165, 1.54) is 10.4 Å². The smallest absolute Gasteiger partial charge is 0.118 e. The van der Waals surface area contributed by atoms with Crippen molar-refractivity contribution < 1.29 is 9.84 Å². The van der Waals surface area contributed by atoms with Gasteiger partial charge in [-0.25, -0.2) is 0 Å². The summed E-state index contributed by atoms with van der Waals surface area (Å²) in [5.74, 6) is 0.863. The molecule has 0 saturated carbocycles. The van der Waals surface area contributed by atoms with E-state index in [0.29, 0.717) is 0 Å². The topological polar surface area (TPSA) is 29.5 Å². The van der Waals surface area contributed by atoms with Crippen LogP contribution >= 0.6 is 27.3 Å². The zero-order valence-corrected chi connectivity index (χ0v) is 13.4. The Labute approximate surface area is 126 Å². The first-order chi connectivity index (χ1) is 9.10. The van der Waals surface area contributed by atoms with Crippen LogP contribution < -0.4 is 4.74 Å². The molecule has 0 saturated heterocycles. The molecule has 0 amide bonds. The van der Waals surface area contributed by atoms with Crippen LogP contribution in [0.15, 0.2) is 34.1 Å². The molecule has 0 aliphatic heterocycles. The van der Waals surface area contributed by atoms with Crippen molar-refractivity contribution in [2.75, 3.05) is 7.11 Å². The largest absolute Gasteiger partial charge is 0.497 e. The van der Waals surface area contributed by atoms with E-state index < -0.39 is 6.10 Å². The molecule has 1 N–H and O–H groups in total. The Morgan fingerprint density at radius 2 is 2.00 bits per heavy atom. The molecule has 1 aromatic heterocycles. The molecule has 0 aliphatic rings. The van der Waals surface area contributed by atoms with Gasteiger partial charge < -0.3 is 9.84 Å². The zero-order valence-electron chi connectivity index (χ0n) is 11.0. The molecule has 1 atom stereocenters. The molecule has 2 rings (SSSR count). The number of aryl methyl sites for hydroxylation is 2. The molecule has 0 spiro atoms. The van der Waals surface area contributed by atoms with Crippen molar-refractivity contribution in [3.8, 4) is 5.75 Å². The van der Waals surface area contributed by atoms with E-state index in [4.69, 9.17) is 4.74 Å². The molecule has 0 radical (unpaired) electrons. The molecular weight excluding hydrogens is 324 g/mol. The average molecular weight is 341 g/mol. The second-order valence-corrected chi connectivity index (χ2v) is 7.10. The number of methoxy groups -OCH3 is 1. The third kappa shape index (κ3) is 3.81. The van der Waals surface area contributed by atoms with Gasteiger partial charge in [0.1, 0.15) is 5.75 Å². The minimum absolute atomic E-state index is 0.398. The van der Waals surface area contributed by atoms with E-state index in [-0.39, 0.29) is 0 Å². The summed E-state index contributed by atoms with van der Waals surface area (Å²) in [6, 6.07) is 10.0. The molecule has 19 heavy (non-hydrogen) atoms. The molecule has 1 heterocycles. The maximum Gasteiger partial charge on any atom is 0.118 e. The van der Waals surface area contributed by atoms with Gasteiger partial charge in [-0.1, -0.05) is 12.1 Å². The summed E-state index contributed by atoms with van der Waals surface area (Å²) in [6.45, 7) is 2.04. The van der Waals surface area contributed by atoms with Gasteiger partial charge in [0.15, 0.2) is 0 Å². The number of ether oxygens (including phenoxy) is 1. The minimum atomic E-state index is -0.398. The lowest BCUT2D eigenvalue weighted by Gasteiger charge is -2.10. The van der Waals surface area contributed by atoms with Crippen LogP contribution in [-0.2, 0) is 6.42 Å². The standard InChI is InChI=1S/C15H17BrO2S/c1-10-13(9-15(16)19-10)14(17)8-5-11-3-6-12(18-2)7-4-11/h3-4,6-7,9,14,17H,5,8H2,1-2H3. The molecule has 1 aromatic carbocycles. The third-order valence-corrected chi connectivity index (χ3v) is 4.72. The van der Waals surface area contributed by atoms with Gasteiger partial charge in [-0.15, -0.1) is 11.3 Å². The Balaban J connectivity index is 1.96. The summed E-state index contributed by atoms with van der Waals surface area (Å²) >= 11 is 5.12. The van der Waals surface area contributed by atoms with Gasteiger partial charge in [-0.3, -0.25) is 0 Å². The van der Waals surface area contributed by atoms with Crippen LogP contribution in [0.3, 0.4) is 0 Å². The Morgan fingerprint density at radius 1 is 1.32 bits per heavy atom. The van der Waals surface area contributed by atoms with E-state index in [2.05, 4.69) is 15.9 Å².